The van der Waals surface area contributed by atoms with E-state index in [9.17, 15) is 0 Å². The third kappa shape index (κ3) is 10.2. The molecule has 1 atom stereocenters. The van der Waals surface area contributed by atoms with Crippen LogP contribution in [0.1, 0.15) is 19.8 Å². The van der Waals surface area contributed by atoms with E-state index < -0.39 is 0 Å². The molecule has 0 aromatic rings. The van der Waals surface area contributed by atoms with Gasteiger partial charge in [0.15, 0.2) is 0 Å². The van der Waals surface area contributed by atoms with Crippen LogP contribution >= 0.6 is 11.6 Å². The van der Waals surface area contributed by atoms with Crippen LogP contribution in [0.5, 0.6) is 0 Å². The van der Waals surface area contributed by atoms with Crippen molar-refractivity contribution in [1.29, 1.82) is 0 Å². The van der Waals surface area contributed by atoms with E-state index in [4.69, 9.17) is 11.6 Å². The first-order chi connectivity index (χ1) is 5.63. The molecule has 0 aromatic heterocycles. The van der Waals surface area contributed by atoms with Gasteiger partial charge in [-0.15, -0.1) is 11.6 Å². The Morgan fingerprint density at radius 2 is 2.00 bits per heavy atom. The van der Waals surface area contributed by atoms with Crippen molar-refractivity contribution in [1.82, 2.24) is 10.2 Å². The zero-order valence-corrected chi connectivity index (χ0v) is 9.19. The first-order valence-corrected chi connectivity index (χ1v) is 5.06. The minimum absolute atomic E-state index is 0.298. The van der Waals surface area contributed by atoms with Crippen LogP contribution in [0.15, 0.2) is 0 Å². The van der Waals surface area contributed by atoms with Crippen molar-refractivity contribution in [2.45, 2.75) is 25.1 Å². The summed E-state index contributed by atoms with van der Waals surface area (Å²) in [5.41, 5.74) is 0. The second kappa shape index (κ2) is 7.84. The van der Waals surface area contributed by atoms with Crippen LogP contribution in [-0.4, -0.2) is 44.0 Å². The lowest BCUT2D eigenvalue weighted by molar-refractivity contribution is 0.394. The van der Waals surface area contributed by atoms with Gasteiger partial charge < -0.3 is 10.2 Å². The summed E-state index contributed by atoms with van der Waals surface area (Å²) in [5, 5.41) is 3.66. The SMILES string of the molecule is CC(Cl)CCNCCCN(C)C. The number of hydrogen-bond acceptors (Lipinski definition) is 2. The van der Waals surface area contributed by atoms with Gasteiger partial charge in [-0.3, -0.25) is 0 Å². The summed E-state index contributed by atoms with van der Waals surface area (Å²) in [6, 6.07) is 0. The van der Waals surface area contributed by atoms with Gasteiger partial charge >= 0.3 is 0 Å². The van der Waals surface area contributed by atoms with Crippen LogP contribution in [0.25, 0.3) is 0 Å². The average Bonchev–Trinajstić information content (AvgIpc) is 1.95. The highest BCUT2D eigenvalue weighted by Crippen LogP contribution is 1.97. The minimum atomic E-state index is 0.298. The predicted octanol–water partition coefficient (Wildman–Crippen LogP) is 1.55. The maximum Gasteiger partial charge on any atom is 0.0319 e. The molecule has 0 aliphatic heterocycles. The fraction of sp³-hybridized carbons (Fsp3) is 1.00. The quantitative estimate of drug-likeness (QED) is 0.487. The summed E-state index contributed by atoms with van der Waals surface area (Å²) >= 11 is 5.79. The van der Waals surface area contributed by atoms with Gasteiger partial charge in [0.05, 0.1) is 0 Å². The Kier molecular flexibility index (Phi) is 7.98. The summed E-state index contributed by atoms with van der Waals surface area (Å²) in [6.45, 7) is 5.33. The van der Waals surface area contributed by atoms with Gasteiger partial charge in [-0.25, -0.2) is 0 Å². The summed E-state index contributed by atoms with van der Waals surface area (Å²) in [6.07, 6.45) is 2.27. The van der Waals surface area contributed by atoms with Gasteiger partial charge in [-0.05, 0) is 53.5 Å². The van der Waals surface area contributed by atoms with E-state index in [1.165, 1.54) is 6.42 Å². The molecule has 0 saturated heterocycles. The minimum Gasteiger partial charge on any atom is -0.317 e. The Hall–Kier alpha value is 0.210. The van der Waals surface area contributed by atoms with Gasteiger partial charge in [0.2, 0.25) is 0 Å². The van der Waals surface area contributed by atoms with Crippen LogP contribution < -0.4 is 5.32 Å². The fourth-order valence-corrected chi connectivity index (χ4v) is 1.06. The molecule has 0 aliphatic rings. The Balaban J connectivity index is 2.91. The molecule has 0 radical (unpaired) electrons. The molecule has 0 fully saturated rings. The second-order valence-electron chi connectivity index (χ2n) is 3.48. The summed E-state index contributed by atoms with van der Waals surface area (Å²) < 4.78 is 0. The molecule has 0 bridgehead atoms. The van der Waals surface area contributed by atoms with E-state index in [-0.39, 0.29) is 0 Å². The molecule has 74 valence electrons. The lowest BCUT2D eigenvalue weighted by Gasteiger charge is -2.09. The van der Waals surface area contributed by atoms with E-state index in [2.05, 4.69) is 24.3 Å². The monoisotopic (exact) mass is 192 g/mol. The lowest BCUT2D eigenvalue weighted by Crippen LogP contribution is -2.23. The number of nitrogens with zero attached hydrogens (tertiary/aromatic N) is 1. The molecule has 0 amide bonds. The number of alkyl halides is 1. The zero-order valence-electron chi connectivity index (χ0n) is 8.44. The Morgan fingerprint density at radius 3 is 2.50 bits per heavy atom. The molecule has 12 heavy (non-hydrogen) atoms. The van der Waals surface area contributed by atoms with Gasteiger partial charge in [-0.2, -0.15) is 0 Å². The highest BCUT2D eigenvalue weighted by molar-refractivity contribution is 6.20. The molecule has 1 N–H and O–H groups in total. The largest absolute Gasteiger partial charge is 0.317 e. The number of nitrogens with one attached hydrogen (secondary N) is 1. The summed E-state index contributed by atoms with van der Waals surface area (Å²) in [4.78, 5) is 2.20. The third-order valence-electron chi connectivity index (χ3n) is 1.68. The van der Waals surface area contributed by atoms with Crippen LogP contribution in [0.2, 0.25) is 0 Å². The molecule has 0 spiro atoms. The van der Waals surface area contributed by atoms with Crippen molar-refractivity contribution in [3.63, 3.8) is 0 Å². The Labute approximate surface area is 81.3 Å². The molecule has 1 unspecified atom stereocenters. The lowest BCUT2D eigenvalue weighted by atomic mass is 10.3. The standard InChI is InChI=1S/C9H21ClN2/c1-9(10)5-7-11-6-4-8-12(2)3/h9,11H,4-8H2,1-3H3. The van der Waals surface area contributed by atoms with Crippen molar-refractivity contribution in [2.24, 2.45) is 0 Å². The van der Waals surface area contributed by atoms with E-state index >= 15 is 0 Å². The van der Waals surface area contributed by atoms with Crippen molar-refractivity contribution in [3.8, 4) is 0 Å². The molecule has 0 rings (SSSR count). The van der Waals surface area contributed by atoms with Crippen molar-refractivity contribution < 1.29 is 0 Å². The zero-order chi connectivity index (χ0) is 9.40. The highest BCUT2D eigenvalue weighted by atomic mass is 35.5. The van der Waals surface area contributed by atoms with Crippen molar-refractivity contribution in [3.05, 3.63) is 0 Å². The predicted molar refractivity (Wildman–Crippen MR) is 56.0 cm³/mol. The first kappa shape index (κ1) is 12.2. The number of halogens is 1. The molecular formula is C9H21ClN2. The van der Waals surface area contributed by atoms with Gasteiger partial charge in [0.1, 0.15) is 0 Å². The van der Waals surface area contributed by atoms with Crippen LogP contribution in [0.3, 0.4) is 0 Å². The van der Waals surface area contributed by atoms with E-state index in [0.717, 1.165) is 26.1 Å². The van der Waals surface area contributed by atoms with Crippen LogP contribution in [-0.2, 0) is 0 Å². The molecule has 0 saturated carbocycles. The Bertz CT molecular complexity index is 82.5. The third-order valence-corrected chi connectivity index (χ3v) is 1.90. The van der Waals surface area contributed by atoms with E-state index in [1.807, 2.05) is 6.92 Å². The van der Waals surface area contributed by atoms with Crippen LogP contribution in [0, 0.1) is 0 Å². The number of hydrogen-bond donors (Lipinski definition) is 1. The summed E-state index contributed by atoms with van der Waals surface area (Å²) in [7, 11) is 4.20. The molecule has 0 heterocycles. The fourth-order valence-electron chi connectivity index (χ4n) is 0.946. The van der Waals surface area contributed by atoms with E-state index in [0.29, 0.717) is 5.38 Å². The first-order valence-electron chi connectivity index (χ1n) is 4.62. The highest BCUT2D eigenvalue weighted by Gasteiger charge is 1.94. The van der Waals surface area contributed by atoms with Crippen molar-refractivity contribution >= 4 is 11.6 Å². The molecule has 3 heteroatoms. The normalized spacial score (nSPS) is 13.8. The smallest absolute Gasteiger partial charge is 0.0319 e. The maximum absolute atomic E-state index is 5.79. The Morgan fingerprint density at radius 1 is 1.33 bits per heavy atom. The molecule has 2 nitrogen and oxygen atoms in total. The van der Waals surface area contributed by atoms with Crippen molar-refractivity contribution in [2.75, 3.05) is 33.7 Å². The number of rotatable bonds is 7. The summed E-state index contributed by atoms with van der Waals surface area (Å²) in [5.74, 6) is 0. The molecule has 0 aromatic carbocycles. The van der Waals surface area contributed by atoms with E-state index in [1.54, 1.807) is 0 Å². The topological polar surface area (TPSA) is 15.3 Å². The van der Waals surface area contributed by atoms with Gasteiger partial charge in [0.25, 0.3) is 0 Å². The maximum atomic E-state index is 5.79. The average molecular weight is 193 g/mol. The van der Waals surface area contributed by atoms with Crippen LogP contribution in [0.4, 0.5) is 0 Å². The molecule has 0 aliphatic carbocycles. The van der Waals surface area contributed by atoms with Gasteiger partial charge in [-0.1, -0.05) is 0 Å². The second-order valence-corrected chi connectivity index (χ2v) is 4.22. The molecular weight excluding hydrogens is 172 g/mol. The van der Waals surface area contributed by atoms with Gasteiger partial charge in [0, 0.05) is 5.38 Å².